The number of rotatable bonds is 4. The Morgan fingerprint density at radius 1 is 1.33 bits per heavy atom. The van der Waals surface area contributed by atoms with Crippen LogP contribution in [-0.2, 0) is 0 Å². The molecule has 1 aromatic heterocycles. The normalized spacial score (nSPS) is 17.2. The first kappa shape index (κ1) is 16.6. The van der Waals surface area contributed by atoms with Gasteiger partial charge in [-0.3, -0.25) is 0 Å². The zero-order chi connectivity index (χ0) is 17.1. The van der Waals surface area contributed by atoms with Gasteiger partial charge >= 0.3 is 0 Å². The lowest BCUT2D eigenvalue weighted by atomic mass is 10.2. The maximum atomic E-state index is 10.2. The van der Waals surface area contributed by atoms with E-state index < -0.39 is 0 Å². The highest BCUT2D eigenvalue weighted by molar-refractivity contribution is 7.99. The first-order valence-corrected chi connectivity index (χ1v) is 8.54. The zero-order valence-electron chi connectivity index (χ0n) is 13.7. The molecule has 1 atom stereocenters. The molecule has 1 fully saturated rings. The molecule has 0 saturated carbocycles. The molecule has 1 unspecified atom stereocenters. The Labute approximate surface area is 145 Å². The van der Waals surface area contributed by atoms with Gasteiger partial charge in [0.1, 0.15) is 0 Å². The molecular formula is C17H19N5OS. The number of likely N-dealkylation sites (N-methyl/N-ethyl adjacent to an activating group) is 1. The third-order valence-electron chi connectivity index (χ3n) is 4.11. The van der Waals surface area contributed by atoms with E-state index >= 15 is 0 Å². The minimum Gasteiger partial charge on any atom is -0.492 e. The first-order valence-electron chi connectivity index (χ1n) is 7.72. The number of benzene rings is 1. The number of nitriles is 1. The van der Waals surface area contributed by atoms with E-state index in [1.807, 2.05) is 12.1 Å². The number of anilines is 1. The Hall–Kier alpha value is -2.30. The van der Waals surface area contributed by atoms with Crippen LogP contribution in [0.1, 0.15) is 12.0 Å². The van der Waals surface area contributed by atoms with Crippen molar-refractivity contribution in [2.24, 2.45) is 0 Å². The van der Waals surface area contributed by atoms with Crippen molar-refractivity contribution < 1.29 is 5.11 Å². The smallest absolute Gasteiger partial charge is 0.230 e. The van der Waals surface area contributed by atoms with Crippen LogP contribution in [0, 0.1) is 11.3 Å². The summed E-state index contributed by atoms with van der Waals surface area (Å²) in [7, 11) is 4.15. The predicted molar refractivity (Wildman–Crippen MR) is 93.3 cm³/mol. The van der Waals surface area contributed by atoms with Gasteiger partial charge in [-0.15, -0.1) is 0 Å². The van der Waals surface area contributed by atoms with Crippen LogP contribution in [-0.4, -0.2) is 53.2 Å². The van der Waals surface area contributed by atoms with Crippen molar-refractivity contribution in [3.05, 3.63) is 36.0 Å². The summed E-state index contributed by atoms with van der Waals surface area (Å²) in [5, 5.41) is 19.1. The van der Waals surface area contributed by atoms with E-state index in [0.29, 0.717) is 22.4 Å². The third kappa shape index (κ3) is 3.61. The predicted octanol–water partition coefficient (Wildman–Crippen LogP) is 2.35. The lowest BCUT2D eigenvalue weighted by Gasteiger charge is -2.20. The molecule has 24 heavy (non-hydrogen) atoms. The van der Waals surface area contributed by atoms with Gasteiger partial charge in [0.25, 0.3) is 0 Å². The third-order valence-corrected chi connectivity index (χ3v) is 5.13. The van der Waals surface area contributed by atoms with Crippen molar-refractivity contribution in [1.82, 2.24) is 14.9 Å². The van der Waals surface area contributed by atoms with Gasteiger partial charge in [0.15, 0.2) is 0 Å². The van der Waals surface area contributed by atoms with Crippen molar-refractivity contribution in [1.29, 1.82) is 5.26 Å². The lowest BCUT2D eigenvalue weighted by molar-refractivity contribution is 0.315. The second-order valence-electron chi connectivity index (χ2n) is 5.95. The minimum absolute atomic E-state index is 0.0114. The Kier molecular flexibility index (Phi) is 4.88. The topological polar surface area (TPSA) is 76.3 Å². The van der Waals surface area contributed by atoms with Crippen molar-refractivity contribution >= 4 is 17.7 Å². The molecule has 0 bridgehead atoms. The first-order chi connectivity index (χ1) is 11.6. The molecule has 1 aliphatic rings. The van der Waals surface area contributed by atoms with E-state index in [1.165, 1.54) is 11.8 Å². The average molecular weight is 341 g/mol. The fourth-order valence-corrected chi connectivity index (χ4v) is 3.42. The average Bonchev–Trinajstić information content (AvgIpc) is 3.08. The second kappa shape index (κ2) is 7.07. The Bertz CT molecular complexity index is 757. The number of hydrogen-bond acceptors (Lipinski definition) is 7. The van der Waals surface area contributed by atoms with Gasteiger partial charge in [-0.25, -0.2) is 4.98 Å². The van der Waals surface area contributed by atoms with E-state index in [2.05, 4.69) is 39.9 Å². The van der Waals surface area contributed by atoms with Gasteiger partial charge in [-0.1, -0.05) is 11.8 Å². The number of nitrogens with zero attached hydrogens (tertiary/aromatic N) is 5. The summed E-state index contributed by atoms with van der Waals surface area (Å²) in [5.74, 6) is 0.559. The molecule has 0 radical (unpaired) electrons. The van der Waals surface area contributed by atoms with Gasteiger partial charge < -0.3 is 14.9 Å². The van der Waals surface area contributed by atoms with Gasteiger partial charge in [0.05, 0.1) is 22.7 Å². The van der Waals surface area contributed by atoms with Gasteiger partial charge in [0, 0.05) is 24.0 Å². The molecule has 6 nitrogen and oxygen atoms in total. The van der Waals surface area contributed by atoms with E-state index in [4.69, 9.17) is 5.26 Å². The van der Waals surface area contributed by atoms with E-state index in [0.717, 1.165) is 24.4 Å². The zero-order valence-corrected chi connectivity index (χ0v) is 14.5. The molecule has 0 amide bonds. The fraction of sp³-hybridized carbons (Fsp3) is 0.353. The minimum atomic E-state index is -0.0114. The second-order valence-corrected chi connectivity index (χ2v) is 7.06. The molecule has 1 saturated heterocycles. The maximum absolute atomic E-state index is 10.2. The summed E-state index contributed by atoms with van der Waals surface area (Å²) in [4.78, 5) is 14.5. The van der Waals surface area contributed by atoms with E-state index in [1.54, 1.807) is 18.3 Å². The molecule has 124 valence electrons. The van der Waals surface area contributed by atoms with E-state index in [-0.39, 0.29) is 5.88 Å². The fourth-order valence-electron chi connectivity index (χ4n) is 2.65. The van der Waals surface area contributed by atoms with Crippen molar-refractivity contribution in [2.45, 2.75) is 22.3 Å². The number of aromatic hydroxyl groups is 1. The van der Waals surface area contributed by atoms with Crippen LogP contribution in [0.4, 0.5) is 5.95 Å². The van der Waals surface area contributed by atoms with Gasteiger partial charge in [-0.05, 0) is 44.8 Å². The van der Waals surface area contributed by atoms with Crippen molar-refractivity contribution in [2.75, 3.05) is 32.1 Å². The van der Waals surface area contributed by atoms with Crippen LogP contribution in [0.25, 0.3) is 0 Å². The highest BCUT2D eigenvalue weighted by Crippen LogP contribution is 2.34. The molecule has 1 aromatic carbocycles. The Balaban J connectivity index is 1.72. The van der Waals surface area contributed by atoms with Gasteiger partial charge in [0.2, 0.25) is 11.8 Å². The van der Waals surface area contributed by atoms with Crippen LogP contribution in [0.5, 0.6) is 5.88 Å². The van der Waals surface area contributed by atoms with Crippen molar-refractivity contribution in [3.8, 4) is 11.9 Å². The largest absolute Gasteiger partial charge is 0.492 e. The molecule has 3 rings (SSSR count). The summed E-state index contributed by atoms with van der Waals surface area (Å²) >= 11 is 1.38. The Morgan fingerprint density at radius 2 is 2.08 bits per heavy atom. The molecule has 2 heterocycles. The molecule has 1 aliphatic heterocycles. The lowest BCUT2D eigenvalue weighted by Crippen LogP contribution is -2.32. The summed E-state index contributed by atoms with van der Waals surface area (Å²) in [6.07, 6.45) is 2.72. The van der Waals surface area contributed by atoms with Crippen LogP contribution in [0.2, 0.25) is 0 Å². The summed E-state index contributed by atoms with van der Waals surface area (Å²) in [6, 6.07) is 9.77. The van der Waals surface area contributed by atoms with Crippen LogP contribution < -0.4 is 4.90 Å². The molecule has 0 aliphatic carbocycles. The Morgan fingerprint density at radius 3 is 2.67 bits per heavy atom. The number of hydrogen-bond donors (Lipinski definition) is 1. The number of aromatic nitrogens is 2. The highest BCUT2D eigenvalue weighted by Gasteiger charge is 2.26. The monoisotopic (exact) mass is 341 g/mol. The van der Waals surface area contributed by atoms with Crippen molar-refractivity contribution in [3.63, 3.8) is 0 Å². The molecule has 2 aromatic rings. The van der Waals surface area contributed by atoms with Crippen LogP contribution in [0.15, 0.2) is 40.3 Å². The standard InChI is InChI=1S/C17H19N5OS/c1-21(2)13-7-8-22(11-13)17-19-10-15(16(23)20-17)24-14-5-3-12(9-18)4-6-14/h3-6,10,13H,7-8,11H2,1-2H3,(H,19,20,23). The molecule has 0 spiro atoms. The van der Waals surface area contributed by atoms with Crippen LogP contribution in [0.3, 0.4) is 0 Å². The van der Waals surface area contributed by atoms with Gasteiger partial charge in [-0.2, -0.15) is 10.2 Å². The molecule has 1 N–H and O–H groups in total. The van der Waals surface area contributed by atoms with E-state index in [9.17, 15) is 5.11 Å². The summed E-state index contributed by atoms with van der Waals surface area (Å²) in [5.41, 5.74) is 0.611. The highest BCUT2D eigenvalue weighted by atomic mass is 32.2. The quantitative estimate of drug-likeness (QED) is 0.914. The summed E-state index contributed by atoms with van der Waals surface area (Å²) in [6.45, 7) is 1.76. The maximum Gasteiger partial charge on any atom is 0.230 e. The molecule has 7 heteroatoms. The molecular weight excluding hydrogens is 322 g/mol. The SMILES string of the molecule is CN(C)C1CCN(c2ncc(Sc3ccc(C#N)cc3)c(O)n2)C1. The summed E-state index contributed by atoms with van der Waals surface area (Å²) < 4.78 is 0. The van der Waals surface area contributed by atoms with Crippen LogP contribution >= 0.6 is 11.8 Å².